The van der Waals surface area contributed by atoms with E-state index in [1.165, 1.54) is 122 Å². The van der Waals surface area contributed by atoms with Gasteiger partial charge in [0.25, 0.3) is 0 Å². The Morgan fingerprint density at radius 1 is 0.468 bits per heavy atom. The van der Waals surface area contributed by atoms with Crippen molar-refractivity contribution in [1.29, 1.82) is 0 Å². The first-order chi connectivity index (χ1) is 38.6. The van der Waals surface area contributed by atoms with Crippen molar-refractivity contribution >= 4 is 5.91 Å². The highest BCUT2D eigenvalue weighted by atomic mass is 16.7. The summed E-state index contributed by atoms with van der Waals surface area (Å²) < 4.78 is 22.7. The number of aliphatic hydroxyl groups excluding tert-OH is 8. The number of amides is 1. The van der Waals surface area contributed by atoms with Gasteiger partial charge >= 0.3 is 0 Å². The van der Waals surface area contributed by atoms with E-state index in [2.05, 4.69) is 92.1 Å². The second-order valence-corrected chi connectivity index (χ2v) is 21.8. The lowest BCUT2D eigenvalue weighted by Gasteiger charge is -2.46. The van der Waals surface area contributed by atoms with E-state index >= 15 is 0 Å². The zero-order chi connectivity index (χ0) is 57.4. The van der Waals surface area contributed by atoms with E-state index in [1.807, 2.05) is 6.08 Å². The molecule has 79 heavy (non-hydrogen) atoms. The van der Waals surface area contributed by atoms with Crippen molar-refractivity contribution in [2.75, 3.05) is 19.8 Å². The summed E-state index contributed by atoms with van der Waals surface area (Å²) in [7, 11) is 0. The predicted molar refractivity (Wildman–Crippen MR) is 318 cm³/mol. The van der Waals surface area contributed by atoms with Gasteiger partial charge in [0.05, 0.1) is 32.0 Å². The van der Waals surface area contributed by atoms with Gasteiger partial charge in [-0.3, -0.25) is 4.79 Å². The van der Waals surface area contributed by atoms with Crippen LogP contribution in [0.5, 0.6) is 0 Å². The van der Waals surface area contributed by atoms with Gasteiger partial charge in [0.2, 0.25) is 5.91 Å². The van der Waals surface area contributed by atoms with Gasteiger partial charge in [0, 0.05) is 6.42 Å². The molecule has 2 heterocycles. The normalized spacial score (nSPS) is 25.0. The van der Waals surface area contributed by atoms with Crippen molar-refractivity contribution in [2.45, 2.75) is 299 Å². The Labute approximate surface area is 478 Å². The molecular weight excluding hydrogens is 1000 g/mol. The number of ether oxygens (including phenoxy) is 4. The fraction of sp³-hybridized carbons (Fsp3) is 0.769. The molecule has 0 spiro atoms. The van der Waals surface area contributed by atoms with E-state index in [1.54, 1.807) is 6.08 Å². The van der Waals surface area contributed by atoms with Crippen molar-refractivity contribution in [3.05, 3.63) is 85.1 Å². The number of nitrogens with one attached hydrogen (secondary N) is 1. The summed E-state index contributed by atoms with van der Waals surface area (Å²) in [4.78, 5) is 13.2. The molecule has 0 saturated carbocycles. The van der Waals surface area contributed by atoms with Crippen molar-refractivity contribution < 1.29 is 64.6 Å². The van der Waals surface area contributed by atoms with Gasteiger partial charge < -0.3 is 65.1 Å². The fourth-order valence-electron chi connectivity index (χ4n) is 9.82. The van der Waals surface area contributed by atoms with Gasteiger partial charge in [-0.2, -0.15) is 0 Å². The zero-order valence-corrected chi connectivity index (χ0v) is 49.1. The molecule has 0 aromatic heterocycles. The number of carbonyl (C=O) groups excluding carboxylic acids is 1. The molecule has 0 bridgehead atoms. The lowest BCUT2D eigenvalue weighted by Crippen LogP contribution is -2.65. The van der Waals surface area contributed by atoms with Gasteiger partial charge in [0.1, 0.15) is 48.8 Å². The van der Waals surface area contributed by atoms with Crippen molar-refractivity contribution in [3.63, 3.8) is 0 Å². The van der Waals surface area contributed by atoms with Gasteiger partial charge in [0.15, 0.2) is 12.6 Å². The number of carbonyl (C=O) groups is 1. The molecular formula is C65H113NO13. The van der Waals surface area contributed by atoms with Gasteiger partial charge in [-0.15, -0.1) is 0 Å². The number of hydrogen-bond donors (Lipinski definition) is 9. The second-order valence-electron chi connectivity index (χ2n) is 21.8. The number of unbranched alkanes of at least 4 members (excludes halogenated alkanes) is 24. The van der Waals surface area contributed by atoms with Crippen LogP contribution in [0.2, 0.25) is 0 Å². The molecule has 1 amide bonds. The molecule has 2 rings (SSSR count). The first kappa shape index (κ1) is 72.3. The molecule has 0 aromatic carbocycles. The highest BCUT2D eigenvalue weighted by Crippen LogP contribution is 2.30. The van der Waals surface area contributed by atoms with Crippen molar-refractivity contribution in [1.82, 2.24) is 5.32 Å². The van der Waals surface area contributed by atoms with E-state index in [9.17, 15) is 45.6 Å². The van der Waals surface area contributed by atoms with Crippen LogP contribution in [-0.4, -0.2) is 140 Å². The number of hydrogen-bond acceptors (Lipinski definition) is 13. The maximum absolute atomic E-state index is 13.2. The summed E-state index contributed by atoms with van der Waals surface area (Å²) in [6.45, 7) is 2.65. The summed E-state index contributed by atoms with van der Waals surface area (Å²) in [6, 6.07) is -0.916. The third kappa shape index (κ3) is 35.0. The molecule has 12 unspecified atom stereocenters. The minimum Gasteiger partial charge on any atom is -0.394 e. The Kier molecular flexibility index (Phi) is 45.5. The minimum absolute atomic E-state index is 0.243. The molecule has 14 heteroatoms. The third-order valence-electron chi connectivity index (χ3n) is 14.8. The van der Waals surface area contributed by atoms with Crippen LogP contribution in [0.4, 0.5) is 0 Å². The topological polar surface area (TPSA) is 228 Å². The largest absolute Gasteiger partial charge is 0.394 e. The molecule has 9 N–H and O–H groups in total. The molecule has 2 aliphatic heterocycles. The van der Waals surface area contributed by atoms with Crippen molar-refractivity contribution in [3.8, 4) is 0 Å². The van der Waals surface area contributed by atoms with Crippen LogP contribution < -0.4 is 5.32 Å². The molecule has 0 aliphatic carbocycles. The Balaban J connectivity index is 1.60. The second kappa shape index (κ2) is 49.8. The zero-order valence-electron chi connectivity index (χ0n) is 49.1. The fourth-order valence-corrected chi connectivity index (χ4v) is 9.82. The Morgan fingerprint density at radius 3 is 1.34 bits per heavy atom. The molecule has 14 nitrogen and oxygen atoms in total. The first-order valence-corrected chi connectivity index (χ1v) is 31.3. The number of aliphatic hydroxyl groups is 8. The van der Waals surface area contributed by atoms with E-state index in [0.29, 0.717) is 6.42 Å². The summed E-state index contributed by atoms with van der Waals surface area (Å²) in [5, 5.41) is 86.9. The smallest absolute Gasteiger partial charge is 0.220 e. The quantitative estimate of drug-likeness (QED) is 0.0204. The molecule has 2 saturated heterocycles. The summed E-state index contributed by atoms with van der Waals surface area (Å²) in [5.41, 5.74) is 0. The lowest BCUT2D eigenvalue weighted by atomic mass is 9.97. The average molecular weight is 1120 g/mol. The predicted octanol–water partition coefficient (Wildman–Crippen LogP) is 11.3. The highest BCUT2D eigenvalue weighted by Gasteiger charge is 2.51. The van der Waals surface area contributed by atoms with Gasteiger partial charge in [-0.05, 0) is 70.6 Å². The number of allylic oxidation sites excluding steroid dienone is 13. The maximum Gasteiger partial charge on any atom is 0.220 e. The SMILES string of the molecule is CC/C=C\C/C=C\C/C=C\C/C=C\C/C=C\C/C=C\CCCCCCCCCCCCCCCCCCC(=O)NC(COC1OC(CO)C(OC2OC(CO)C(O)C(O)C2O)C(O)C1O)C(O)/C=C/CCCCCCCCCC. The van der Waals surface area contributed by atoms with Crippen LogP contribution in [0, 0.1) is 0 Å². The Morgan fingerprint density at radius 2 is 0.873 bits per heavy atom. The maximum atomic E-state index is 13.2. The third-order valence-corrected chi connectivity index (χ3v) is 14.8. The first-order valence-electron chi connectivity index (χ1n) is 31.3. The molecule has 2 aliphatic rings. The van der Waals surface area contributed by atoms with Crippen LogP contribution >= 0.6 is 0 Å². The Bertz CT molecular complexity index is 1650. The molecule has 0 aromatic rings. The lowest BCUT2D eigenvalue weighted by molar-refractivity contribution is -0.359. The van der Waals surface area contributed by atoms with E-state index < -0.39 is 86.8 Å². The van der Waals surface area contributed by atoms with Crippen molar-refractivity contribution in [2.24, 2.45) is 0 Å². The van der Waals surface area contributed by atoms with Crippen LogP contribution in [0.15, 0.2) is 85.1 Å². The number of rotatable bonds is 49. The average Bonchev–Trinajstić information content (AvgIpc) is 3.47. The molecule has 12 atom stereocenters. The van der Waals surface area contributed by atoms with Crippen LogP contribution in [0.3, 0.4) is 0 Å². The molecule has 0 radical (unpaired) electrons. The molecule has 456 valence electrons. The minimum atomic E-state index is -1.79. The summed E-state index contributed by atoms with van der Waals surface area (Å²) in [6.07, 6.45) is 50.8. The van der Waals surface area contributed by atoms with E-state index in [4.69, 9.17) is 18.9 Å². The summed E-state index contributed by atoms with van der Waals surface area (Å²) in [5.74, 6) is -0.243. The van der Waals surface area contributed by atoms with E-state index in [0.717, 1.165) is 77.0 Å². The summed E-state index contributed by atoms with van der Waals surface area (Å²) >= 11 is 0. The van der Waals surface area contributed by atoms with Crippen LogP contribution in [-0.2, 0) is 23.7 Å². The van der Waals surface area contributed by atoms with Gasteiger partial charge in [-0.1, -0.05) is 234 Å². The van der Waals surface area contributed by atoms with Gasteiger partial charge in [-0.25, -0.2) is 0 Å². The van der Waals surface area contributed by atoms with E-state index in [-0.39, 0.29) is 18.9 Å². The highest BCUT2D eigenvalue weighted by molar-refractivity contribution is 5.76. The standard InChI is InChI=1S/C65H113NO13/c1-3-5-7-9-11-13-15-16-17-18-19-20-21-22-23-24-25-26-27-28-29-30-31-32-33-34-35-36-37-38-39-41-43-45-47-49-57(70)66-53(54(69)48-46-44-42-40-14-12-10-8-6-4-2)52-76-64-62(75)60(73)63(56(51-68)78-64)79-65-61(74)59(72)58(71)55(50-67)77-65/h5,7,11,13,16-17,19-20,22-23,25-26,46,48,53-56,58-65,67-69,71-75H,3-4,6,8-10,12,14-15,18,21,24,27-45,47,49-52H2,1-2H3,(H,66,70)/b7-5-,13-11-,17-16-,20-19-,23-22-,26-25-,48-46+. The molecule has 2 fully saturated rings. The van der Waals surface area contributed by atoms with Crippen LogP contribution in [0.25, 0.3) is 0 Å². The Hall–Kier alpha value is -2.83. The van der Waals surface area contributed by atoms with Crippen LogP contribution in [0.1, 0.15) is 226 Å². The monoisotopic (exact) mass is 1120 g/mol.